The molecule has 0 aromatic carbocycles. The Morgan fingerprint density at radius 3 is 2.33 bits per heavy atom. The maximum Gasteiger partial charge on any atom is 0.0884 e. The zero-order chi connectivity index (χ0) is 6.69. The molecule has 1 unspecified atom stereocenters. The van der Waals surface area contributed by atoms with Crippen molar-refractivity contribution >= 4 is 0 Å². The molecule has 1 atom stereocenters. The summed E-state index contributed by atoms with van der Waals surface area (Å²) in [6, 6.07) is 0. The molecule has 54 valence electrons. The van der Waals surface area contributed by atoms with E-state index in [9.17, 15) is 0 Å². The third-order valence-corrected chi connectivity index (χ3v) is 1.73. The Morgan fingerprint density at radius 2 is 1.89 bits per heavy atom. The van der Waals surface area contributed by atoms with Gasteiger partial charge in [-0.05, 0) is 5.92 Å². The summed E-state index contributed by atoms with van der Waals surface area (Å²) in [7, 11) is 0. The van der Waals surface area contributed by atoms with Crippen LogP contribution in [0, 0.1) is 5.92 Å². The molecule has 0 bridgehead atoms. The highest BCUT2D eigenvalue weighted by atomic mass is 15.8. The van der Waals surface area contributed by atoms with Crippen molar-refractivity contribution in [2.24, 2.45) is 5.92 Å². The van der Waals surface area contributed by atoms with E-state index in [-0.39, 0.29) is 0 Å². The summed E-state index contributed by atoms with van der Waals surface area (Å²) in [6.07, 6.45) is 1.53. The van der Waals surface area contributed by atoms with E-state index >= 15 is 0 Å². The van der Waals surface area contributed by atoms with Crippen molar-refractivity contribution in [2.75, 3.05) is 0 Å². The Hall–Kier alpha value is -0.160. The summed E-state index contributed by atoms with van der Waals surface area (Å²) in [6.45, 7) is 4.37. The molecule has 9 heavy (non-hydrogen) atoms. The summed E-state index contributed by atoms with van der Waals surface area (Å²) in [5.41, 5.74) is 11.6. The minimum absolute atomic E-state index is 0.356. The van der Waals surface area contributed by atoms with Crippen molar-refractivity contribution in [3.63, 3.8) is 0 Å². The monoisotopic (exact) mass is 130 g/mol. The van der Waals surface area contributed by atoms with Crippen LogP contribution < -0.4 is 21.9 Å². The first-order valence-electron chi connectivity index (χ1n) is 3.35. The molecule has 4 heteroatoms. The second-order valence-electron chi connectivity index (χ2n) is 2.40. The molecular formula is C5H14N4. The van der Waals surface area contributed by atoms with E-state index in [1.807, 2.05) is 0 Å². The highest BCUT2D eigenvalue weighted by Crippen LogP contribution is 2.03. The fourth-order valence-corrected chi connectivity index (χ4v) is 0.784. The van der Waals surface area contributed by atoms with Crippen molar-refractivity contribution < 1.29 is 0 Å². The lowest BCUT2D eigenvalue weighted by Gasteiger charge is -2.14. The summed E-state index contributed by atoms with van der Waals surface area (Å²) in [5, 5.41) is 0. The quantitative estimate of drug-likeness (QED) is 0.406. The van der Waals surface area contributed by atoms with Gasteiger partial charge in [0.15, 0.2) is 0 Å². The Balaban J connectivity index is 2.24. The van der Waals surface area contributed by atoms with Gasteiger partial charge in [-0.1, -0.05) is 20.3 Å². The molecule has 0 aromatic heterocycles. The van der Waals surface area contributed by atoms with Gasteiger partial charge in [0, 0.05) is 0 Å². The van der Waals surface area contributed by atoms with Gasteiger partial charge < -0.3 is 0 Å². The zero-order valence-electron chi connectivity index (χ0n) is 5.86. The van der Waals surface area contributed by atoms with Gasteiger partial charge >= 0.3 is 0 Å². The van der Waals surface area contributed by atoms with Crippen LogP contribution in [0.2, 0.25) is 0 Å². The van der Waals surface area contributed by atoms with Crippen LogP contribution >= 0.6 is 0 Å². The van der Waals surface area contributed by atoms with Crippen molar-refractivity contribution in [3.05, 3.63) is 0 Å². The molecule has 1 saturated heterocycles. The first-order valence-corrected chi connectivity index (χ1v) is 3.35. The Bertz CT molecular complexity index is 79.0. The summed E-state index contributed by atoms with van der Waals surface area (Å²) >= 11 is 0. The molecule has 0 saturated carbocycles. The molecule has 0 radical (unpaired) electrons. The van der Waals surface area contributed by atoms with Crippen molar-refractivity contribution in [3.8, 4) is 0 Å². The van der Waals surface area contributed by atoms with Crippen LogP contribution in [0.15, 0.2) is 0 Å². The third-order valence-electron chi connectivity index (χ3n) is 1.73. The van der Waals surface area contributed by atoms with Crippen LogP contribution in [0.1, 0.15) is 20.3 Å². The lowest BCUT2D eigenvalue weighted by molar-refractivity contribution is 0.363. The van der Waals surface area contributed by atoms with Gasteiger partial charge in [-0.15, -0.1) is 0 Å². The van der Waals surface area contributed by atoms with Gasteiger partial charge in [0.25, 0.3) is 0 Å². The SMILES string of the molecule is CCC(C)C1NNNN1. The number of rotatable bonds is 2. The Kier molecular flexibility index (Phi) is 2.41. The normalized spacial score (nSPS) is 24.7. The molecule has 1 aliphatic rings. The van der Waals surface area contributed by atoms with E-state index in [0.717, 1.165) is 0 Å². The van der Waals surface area contributed by atoms with Crippen LogP contribution in [0.5, 0.6) is 0 Å². The van der Waals surface area contributed by atoms with Crippen LogP contribution in [-0.4, -0.2) is 6.17 Å². The second-order valence-corrected chi connectivity index (χ2v) is 2.40. The predicted molar refractivity (Wildman–Crippen MR) is 35.8 cm³/mol. The molecule has 4 N–H and O–H groups in total. The molecular weight excluding hydrogens is 116 g/mol. The average Bonchev–Trinajstić information content (AvgIpc) is 2.37. The van der Waals surface area contributed by atoms with Gasteiger partial charge in [0.1, 0.15) is 0 Å². The topological polar surface area (TPSA) is 48.1 Å². The van der Waals surface area contributed by atoms with Gasteiger partial charge in [-0.2, -0.15) is 11.1 Å². The van der Waals surface area contributed by atoms with Crippen LogP contribution in [0.3, 0.4) is 0 Å². The molecule has 0 amide bonds. The maximum atomic E-state index is 3.04. The van der Waals surface area contributed by atoms with E-state index in [2.05, 4.69) is 35.8 Å². The highest BCUT2D eigenvalue weighted by Gasteiger charge is 2.17. The summed E-state index contributed by atoms with van der Waals surface area (Å²) in [5.74, 6) is 0.646. The lowest BCUT2D eigenvalue weighted by atomic mass is 10.1. The average molecular weight is 130 g/mol. The van der Waals surface area contributed by atoms with Gasteiger partial charge in [-0.3, -0.25) is 0 Å². The second kappa shape index (κ2) is 3.12. The lowest BCUT2D eigenvalue weighted by Crippen LogP contribution is -2.39. The molecule has 1 aliphatic heterocycles. The number of nitrogens with one attached hydrogen (secondary N) is 4. The van der Waals surface area contributed by atoms with E-state index in [4.69, 9.17) is 0 Å². The molecule has 1 fully saturated rings. The van der Waals surface area contributed by atoms with Gasteiger partial charge in [0.05, 0.1) is 6.17 Å². The molecule has 0 aliphatic carbocycles. The van der Waals surface area contributed by atoms with Crippen LogP contribution in [-0.2, 0) is 0 Å². The molecule has 0 aromatic rings. The molecule has 0 spiro atoms. The van der Waals surface area contributed by atoms with E-state index in [0.29, 0.717) is 12.1 Å². The minimum atomic E-state index is 0.356. The first-order chi connectivity index (χ1) is 4.34. The standard InChI is InChI=1S/C5H14N4/c1-3-4(2)5-6-8-9-7-5/h4-9H,3H2,1-2H3. The third kappa shape index (κ3) is 1.62. The highest BCUT2D eigenvalue weighted by molar-refractivity contribution is 4.67. The zero-order valence-corrected chi connectivity index (χ0v) is 5.86. The number of hydrogen-bond acceptors (Lipinski definition) is 4. The van der Waals surface area contributed by atoms with E-state index in [1.54, 1.807) is 0 Å². The van der Waals surface area contributed by atoms with Crippen molar-refractivity contribution in [2.45, 2.75) is 26.4 Å². The van der Waals surface area contributed by atoms with Crippen molar-refractivity contribution in [1.82, 2.24) is 21.9 Å². The van der Waals surface area contributed by atoms with E-state index in [1.165, 1.54) is 6.42 Å². The maximum absolute atomic E-state index is 3.04. The Labute approximate surface area is 55.3 Å². The smallest absolute Gasteiger partial charge is 0.0884 e. The summed E-state index contributed by atoms with van der Waals surface area (Å²) in [4.78, 5) is 0. The number of hydrazine groups is 3. The minimum Gasteiger partial charge on any atom is -0.225 e. The largest absolute Gasteiger partial charge is 0.225 e. The Morgan fingerprint density at radius 1 is 1.33 bits per heavy atom. The van der Waals surface area contributed by atoms with Crippen LogP contribution in [0.4, 0.5) is 0 Å². The van der Waals surface area contributed by atoms with Gasteiger partial charge in [-0.25, -0.2) is 10.9 Å². The van der Waals surface area contributed by atoms with E-state index < -0.39 is 0 Å². The number of hydrogen-bond donors (Lipinski definition) is 4. The van der Waals surface area contributed by atoms with Gasteiger partial charge in [0.2, 0.25) is 0 Å². The predicted octanol–water partition coefficient (Wildman–Crippen LogP) is -0.524. The fourth-order valence-electron chi connectivity index (χ4n) is 0.784. The summed E-state index contributed by atoms with van der Waals surface area (Å²) < 4.78 is 0. The van der Waals surface area contributed by atoms with Crippen molar-refractivity contribution in [1.29, 1.82) is 0 Å². The van der Waals surface area contributed by atoms with Crippen LogP contribution in [0.25, 0.3) is 0 Å². The molecule has 1 heterocycles. The molecule has 1 rings (SSSR count). The fraction of sp³-hybridized carbons (Fsp3) is 1.00. The molecule has 4 nitrogen and oxygen atoms in total. The first kappa shape index (κ1) is 6.95.